The lowest BCUT2D eigenvalue weighted by atomic mass is 9.99. The summed E-state index contributed by atoms with van der Waals surface area (Å²) in [5, 5.41) is 1.41. The lowest BCUT2D eigenvalue weighted by Gasteiger charge is -2.16. The van der Waals surface area contributed by atoms with Gasteiger partial charge in [-0.2, -0.15) is 0 Å². The van der Waals surface area contributed by atoms with Crippen LogP contribution in [0.3, 0.4) is 0 Å². The number of aromatic nitrogens is 1. The summed E-state index contributed by atoms with van der Waals surface area (Å²) in [6.45, 7) is 5.75. The van der Waals surface area contributed by atoms with Crippen LogP contribution < -0.4 is 0 Å². The maximum atomic E-state index is 3.65. The predicted octanol–water partition coefficient (Wildman–Crippen LogP) is 7.66. The first kappa shape index (κ1) is 16.0. The van der Waals surface area contributed by atoms with Gasteiger partial charge >= 0.3 is 0 Å². The molecule has 5 heteroatoms. The molecule has 21 heavy (non-hydrogen) atoms. The van der Waals surface area contributed by atoms with Crippen molar-refractivity contribution in [2.24, 2.45) is 5.92 Å². The van der Waals surface area contributed by atoms with E-state index in [4.69, 9.17) is 0 Å². The summed E-state index contributed by atoms with van der Waals surface area (Å²) < 4.78 is 6.43. The first-order valence-corrected chi connectivity index (χ1v) is 10.7. The zero-order valence-electron chi connectivity index (χ0n) is 12.3. The number of nitrogens with zero attached hydrogens (tertiary/aromatic N) is 1. The quantitative estimate of drug-likeness (QED) is 0.364. The van der Waals surface area contributed by atoms with E-state index in [1.54, 1.807) is 0 Å². The van der Waals surface area contributed by atoms with E-state index in [0.717, 1.165) is 12.5 Å². The Morgan fingerprint density at radius 2 is 1.90 bits per heavy atom. The van der Waals surface area contributed by atoms with Crippen LogP contribution in [0.1, 0.15) is 39.5 Å². The zero-order valence-corrected chi connectivity index (χ0v) is 17.1. The van der Waals surface area contributed by atoms with Crippen LogP contribution in [0.15, 0.2) is 19.7 Å². The number of hydrogen-bond acceptors (Lipinski definition) is 2. The Morgan fingerprint density at radius 3 is 2.62 bits per heavy atom. The minimum Gasteiger partial charge on any atom is -0.331 e. The minimum absolute atomic E-state index is 0.781. The van der Waals surface area contributed by atoms with E-state index in [-0.39, 0.29) is 0 Å². The molecule has 0 bridgehead atoms. The normalized spacial score (nSPS) is 13.5. The molecule has 0 spiro atoms. The van der Waals surface area contributed by atoms with Gasteiger partial charge in [-0.25, -0.2) is 0 Å². The first-order valence-electron chi connectivity index (χ1n) is 7.50. The molecule has 0 saturated heterocycles. The second-order valence-corrected chi connectivity index (χ2v) is 10.4. The van der Waals surface area contributed by atoms with E-state index >= 15 is 0 Å². The van der Waals surface area contributed by atoms with Crippen molar-refractivity contribution in [2.45, 2.75) is 46.1 Å². The van der Waals surface area contributed by atoms with Crippen molar-refractivity contribution in [1.29, 1.82) is 0 Å². The van der Waals surface area contributed by atoms with Crippen molar-refractivity contribution < 1.29 is 0 Å². The van der Waals surface area contributed by atoms with Crippen LogP contribution in [-0.2, 0) is 6.54 Å². The summed E-state index contributed by atoms with van der Waals surface area (Å²) in [4.78, 5) is 1.42. The van der Waals surface area contributed by atoms with Crippen molar-refractivity contribution in [3.05, 3.63) is 19.7 Å². The third-order valence-electron chi connectivity index (χ3n) is 4.13. The largest absolute Gasteiger partial charge is 0.331 e. The Balaban J connectivity index is 2.04. The lowest BCUT2D eigenvalue weighted by molar-refractivity contribution is 0.401. The van der Waals surface area contributed by atoms with Gasteiger partial charge in [0.2, 0.25) is 0 Å². The highest BCUT2D eigenvalue weighted by atomic mass is 79.9. The SMILES string of the molecule is CCCCC(CC)Cn1c2cc(Br)sc2c2cc(Br)sc21. The van der Waals surface area contributed by atoms with Gasteiger partial charge in [0.25, 0.3) is 0 Å². The summed E-state index contributed by atoms with van der Waals surface area (Å²) in [7, 11) is 0. The molecule has 3 heterocycles. The third-order valence-corrected chi connectivity index (χ3v) is 7.45. The Morgan fingerprint density at radius 1 is 1.14 bits per heavy atom. The lowest BCUT2D eigenvalue weighted by Crippen LogP contribution is -2.09. The van der Waals surface area contributed by atoms with Crippen LogP contribution in [0.5, 0.6) is 0 Å². The average molecular weight is 449 g/mol. The summed E-state index contributed by atoms with van der Waals surface area (Å²) in [6, 6.07) is 4.56. The summed E-state index contributed by atoms with van der Waals surface area (Å²) >= 11 is 11.0. The average Bonchev–Trinajstić information content (AvgIpc) is 3.07. The zero-order chi connectivity index (χ0) is 15.0. The first-order chi connectivity index (χ1) is 10.1. The van der Waals surface area contributed by atoms with Gasteiger partial charge in [-0.15, -0.1) is 22.7 Å². The van der Waals surface area contributed by atoms with E-state index in [1.807, 2.05) is 22.7 Å². The summed E-state index contributed by atoms with van der Waals surface area (Å²) in [5.74, 6) is 0.781. The predicted molar refractivity (Wildman–Crippen MR) is 104 cm³/mol. The molecule has 0 aliphatic carbocycles. The Bertz CT molecular complexity index is 699. The molecule has 0 amide bonds. The molecule has 0 radical (unpaired) electrons. The molecule has 3 aromatic rings. The standard InChI is InChI=1S/C16H19Br2NS2/c1-3-5-6-10(4-2)9-19-12-8-14(18)20-15(12)11-7-13(17)21-16(11)19/h7-8,10H,3-6,9H2,1-2H3. The van der Waals surface area contributed by atoms with Gasteiger partial charge in [0.1, 0.15) is 4.83 Å². The molecule has 1 atom stereocenters. The summed E-state index contributed by atoms with van der Waals surface area (Å²) in [6.07, 6.45) is 5.24. The molecule has 3 aromatic heterocycles. The van der Waals surface area contributed by atoms with Crippen molar-refractivity contribution in [3.8, 4) is 0 Å². The van der Waals surface area contributed by atoms with Crippen molar-refractivity contribution in [3.63, 3.8) is 0 Å². The molecule has 0 aliphatic rings. The monoisotopic (exact) mass is 447 g/mol. The number of thiophene rings is 2. The molecule has 3 rings (SSSR count). The smallest absolute Gasteiger partial charge is 0.105 e. The highest BCUT2D eigenvalue weighted by Crippen LogP contribution is 2.43. The van der Waals surface area contributed by atoms with E-state index in [9.17, 15) is 0 Å². The van der Waals surface area contributed by atoms with Gasteiger partial charge in [0.15, 0.2) is 0 Å². The van der Waals surface area contributed by atoms with Crippen LogP contribution in [0.4, 0.5) is 0 Å². The minimum atomic E-state index is 0.781. The Labute approximate surface area is 150 Å². The molecule has 0 aromatic carbocycles. The maximum Gasteiger partial charge on any atom is 0.105 e. The van der Waals surface area contributed by atoms with Crippen molar-refractivity contribution in [1.82, 2.24) is 4.57 Å². The van der Waals surface area contributed by atoms with Crippen LogP contribution in [0.25, 0.3) is 20.4 Å². The molecule has 1 unspecified atom stereocenters. The van der Waals surface area contributed by atoms with Crippen molar-refractivity contribution in [2.75, 3.05) is 0 Å². The number of hydrogen-bond donors (Lipinski definition) is 0. The Hall–Kier alpha value is 0.160. The molecule has 0 aliphatic heterocycles. The molecule has 1 nitrogen and oxygen atoms in total. The van der Waals surface area contributed by atoms with Crippen LogP contribution in [0, 0.1) is 5.92 Å². The number of halogens is 2. The van der Waals surface area contributed by atoms with Gasteiger partial charge in [0.05, 0.1) is 17.8 Å². The van der Waals surface area contributed by atoms with Crippen LogP contribution >= 0.6 is 54.5 Å². The van der Waals surface area contributed by atoms with Gasteiger partial charge in [-0.3, -0.25) is 0 Å². The van der Waals surface area contributed by atoms with Crippen LogP contribution in [-0.4, -0.2) is 4.57 Å². The highest BCUT2D eigenvalue weighted by molar-refractivity contribution is 9.11. The maximum absolute atomic E-state index is 3.65. The highest BCUT2D eigenvalue weighted by Gasteiger charge is 2.18. The molecular weight excluding hydrogens is 430 g/mol. The van der Waals surface area contributed by atoms with E-state index in [2.05, 4.69) is 62.4 Å². The topological polar surface area (TPSA) is 4.93 Å². The Kier molecular flexibility index (Phi) is 5.14. The molecule has 0 fully saturated rings. The van der Waals surface area contributed by atoms with E-state index in [1.165, 1.54) is 53.7 Å². The molecule has 0 saturated carbocycles. The van der Waals surface area contributed by atoms with E-state index in [0.29, 0.717) is 0 Å². The summed E-state index contributed by atoms with van der Waals surface area (Å²) in [5.41, 5.74) is 1.40. The number of unbranched alkanes of at least 4 members (excludes halogenated alkanes) is 1. The fourth-order valence-corrected chi connectivity index (χ4v) is 6.20. The molecule has 114 valence electrons. The van der Waals surface area contributed by atoms with Gasteiger partial charge in [-0.1, -0.05) is 33.1 Å². The third kappa shape index (κ3) is 3.12. The van der Waals surface area contributed by atoms with Crippen LogP contribution in [0.2, 0.25) is 0 Å². The van der Waals surface area contributed by atoms with E-state index < -0.39 is 0 Å². The second-order valence-electron chi connectivity index (χ2n) is 5.56. The van der Waals surface area contributed by atoms with Gasteiger partial charge < -0.3 is 4.57 Å². The number of rotatable bonds is 6. The van der Waals surface area contributed by atoms with Crippen molar-refractivity contribution >= 4 is 75.0 Å². The van der Waals surface area contributed by atoms with Gasteiger partial charge in [0, 0.05) is 11.9 Å². The fraction of sp³-hybridized carbons (Fsp3) is 0.500. The second kappa shape index (κ2) is 6.73. The number of fused-ring (bicyclic) bond motifs is 3. The van der Waals surface area contributed by atoms with Gasteiger partial charge in [-0.05, 0) is 56.3 Å². The molecular formula is C16H19Br2NS2. The molecule has 0 N–H and O–H groups in total. The fourth-order valence-electron chi connectivity index (χ4n) is 2.93.